The average Bonchev–Trinajstić information content (AvgIpc) is 2.85. The molecule has 3 rings (SSSR count). The molecule has 2 saturated heterocycles. The number of rotatable bonds is 6. The summed E-state index contributed by atoms with van der Waals surface area (Å²) >= 11 is 1.03. The van der Waals surface area contributed by atoms with Crippen LogP contribution in [0.4, 0.5) is 4.79 Å². The fourth-order valence-electron chi connectivity index (χ4n) is 2.95. The standard InChI is InChI=1S/C17H20N2O4S/c1-2-23-14-6-4-3-5-12(14)7-8-15(20)18-9-13(10-18)19-16(21)11-24-17(19)22/h3-6,13H,2,7-11H2,1H3. The van der Waals surface area contributed by atoms with Gasteiger partial charge >= 0.3 is 0 Å². The van der Waals surface area contributed by atoms with Gasteiger partial charge in [-0.25, -0.2) is 0 Å². The summed E-state index contributed by atoms with van der Waals surface area (Å²) in [5, 5.41) is -0.192. The van der Waals surface area contributed by atoms with Crippen LogP contribution < -0.4 is 4.74 Å². The highest BCUT2D eigenvalue weighted by Gasteiger charge is 2.43. The number of para-hydroxylation sites is 1. The number of imide groups is 1. The largest absolute Gasteiger partial charge is 0.494 e. The summed E-state index contributed by atoms with van der Waals surface area (Å²) in [7, 11) is 0. The number of aryl methyl sites for hydroxylation is 1. The number of likely N-dealkylation sites (tertiary alicyclic amines) is 1. The molecule has 0 aliphatic carbocycles. The van der Waals surface area contributed by atoms with E-state index in [1.807, 2.05) is 31.2 Å². The summed E-state index contributed by atoms with van der Waals surface area (Å²) in [6.07, 6.45) is 1.01. The van der Waals surface area contributed by atoms with Crippen LogP contribution in [0, 0.1) is 0 Å². The minimum atomic E-state index is -0.192. The molecule has 3 amide bonds. The number of benzene rings is 1. The van der Waals surface area contributed by atoms with Crippen molar-refractivity contribution in [2.24, 2.45) is 0 Å². The van der Waals surface area contributed by atoms with Crippen molar-refractivity contribution in [3.05, 3.63) is 29.8 Å². The predicted molar refractivity (Wildman–Crippen MR) is 91.0 cm³/mol. The van der Waals surface area contributed by atoms with E-state index in [-0.39, 0.29) is 28.8 Å². The first kappa shape index (κ1) is 16.8. The van der Waals surface area contributed by atoms with E-state index in [1.165, 1.54) is 4.90 Å². The normalized spacial score (nSPS) is 18.0. The van der Waals surface area contributed by atoms with Crippen molar-refractivity contribution in [3.63, 3.8) is 0 Å². The lowest BCUT2D eigenvalue weighted by Gasteiger charge is -2.42. The highest BCUT2D eigenvalue weighted by Crippen LogP contribution is 2.27. The molecule has 24 heavy (non-hydrogen) atoms. The van der Waals surface area contributed by atoms with Gasteiger partial charge in [-0.05, 0) is 25.0 Å². The van der Waals surface area contributed by atoms with Crippen LogP contribution in [0.25, 0.3) is 0 Å². The maximum absolute atomic E-state index is 12.3. The number of carbonyl (C=O) groups is 3. The third-order valence-corrected chi connectivity index (χ3v) is 5.08. The Balaban J connectivity index is 1.49. The molecule has 2 fully saturated rings. The second kappa shape index (κ2) is 7.25. The summed E-state index contributed by atoms with van der Waals surface area (Å²) in [5.41, 5.74) is 1.02. The zero-order valence-electron chi connectivity index (χ0n) is 13.6. The van der Waals surface area contributed by atoms with Gasteiger partial charge < -0.3 is 9.64 Å². The molecule has 0 spiro atoms. The lowest BCUT2D eigenvalue weighted by molar-refractivity contribution is -0.142. The summed E-state index contributed by atoms with van der Waals surface area (Å²) in [5.74, 6) is 0.939. The van der Waals surface area contributed by atoms with Gasteiger partial charge in [0.2, 0.25) is 11.8 Å². The summed E-state index contributed by atoms with van der Waals surface area (Å²) in [6.45, 7) is 3.42. The van der Waals surface area contributed by atoms with E-state index in [2.05, 4.69) is 0 Å². The van der Waals surface area contributed by atoms with Crippen LogP contribution in [0.2, 0.25) is 0 Å². The van der Waals surface area contributed by atoms with Crippen molar-refractivity contribution in [1.29, 1.82) is 0 Å². The molecule has 0 N–H and O–H groups in total. The monoisotopic (exact) mass is 348 g/mol. The molecule has 0 aromatic heterocycles. The first-order valence-electron chi connectivity index (χ1n) is 8.07. The second-order valence-electron chi connectivity index (χ2n) is 5.81. The van der Waals surface area contributed by atoms with Crippen molar-refractivity contribution in [1.82, 2.24) is 9.80 Å². The van der Waals surface area contributed by atoms with Crippen LogP contribution in [0.5, 0.6) is 5.75 Å². The number of amides is 3. The maximum atomic E-state index is 12.3. The second-order valence-corrected chi connectivity index (χ2v) is 6.74. The Labute approximate surface area is 145 Å². The maximum Gasteiger partial charge on any atom is 0.289 e. The number of carbonyl (C=O) groups excluding carboxylic acids is 3. The SMILES string of the molecule is CCOc1ccccc1CCC(=O)N1CC(N2C(=O)CSC2=O)C1. The number of hydrogen-bond acceptors (Lipinski definition) is 5. The van der Waals surface area contributed by atoms with Crippen molar-refractivity contribution < 1.29 is 19.1 Å². The van der Waals surface area contributed by atoms with Crippen LogP contribution in [0.1, 0.15) is 18.9 Å². The van der Waals surface area contributed by atoms with Gasteiger partial charge in [-0.3, -0.25) is 19.3 Å². The lowest BCUT2D eigenvalue weighted by atomic mass is 10.0. The number of thioether (sulfide) groups is 1. The van der Waals surface area contributed by atoms with Crippen molar-refractivity contribution in [2.45, 2.75) is 25.8 Å². The Bertz CT molecular complexity index is 642. The lowest BCUT2D eigenvalue weighted by Crippen LogP contribution is -2.62. The van der Waals surface area contributed by atoms with Gasteiger partial charge in [0.25, 0.3) is 5.24 Å². The van der Waals surface area contributed by atoms with Gasteiger partial charge in [-0.1, -0.05) is 30.0 Å². The molecule has 2 heterocycles. The smallest absolute Gasteiger partial charge is 0.289 e. The van der Waals surface area contributed by atoms with Crippen molar-refractivity contribution in [3.8, 4) is 5.75 Å². The van der Waals surface area contributed by atoms with Gasteiger partial charge in [0.05, 0.1) is 18.4 Å². The van der Waals surface area contributed by atoms with Crippen LogP contribution in [0.15, 0.2) is 24.3 Å². The minimum Gasteiger partial charge on any atom is -0.494 e. The van der Waals surface area contributed by atoms with E-state index in [1.54, 1.807) is 4.90 Å². The van der Waals surface area contributed by atoms with Crippen LogP contribution >= 0.6 is 11.8 Å². The van der Waals surface area contributed by atoms with Crippen LogP contribution in [-0.2, 0) is 16.0 Å². The minimum absolute atomic E-state index is 0.0456. The van der Waals surface area contributed by atoms with E-state index in [4.69, 9.17) is 4.74 Å². The van der Waals surface area contributed by atoms with Crippen molar-refractivity contribution in [2.75, 3.05) is 25.4 Å². The third kappa shape index (κ3) is 3.40. The fourth-order valence-corrected chi connectivity index (χ4v) is 3.72. The van der Waals surface area contributed by atoms with Crippen LogP contribution in [0.3, 0.4) is 0 Å². The van der Waals surface area contributed by atoms with E-state index in [0.29, 0.717) is 32.5 Å². The number of ether oxygens (including phenoxy) is 1. The van der Waals surface area contributed by atoms with Gasteiger partial charge in [-0.15, -0.1) is 0 Å². The first-order chi connectivity index (χ1) is 11.6. The molecule has 2 aliphatic rings. The molecular weight excluding hydrogens is 328 g/mol. The third-order valence-electron chi connectivity index (χ3n) is 4.25. The molecule has 1 aromatic carbocycles. The van der Waals surface area contributed by atoms with E-state index in [9.17, 15) is 14.4 Å². The summed E-state index contributed by atoms with van der Waals surface area (Å²) in [4.78, 5) is 38.6. The van der Waals surface area contributed by atoms with Crippen LogP contribution in [-0.4, -0.2) is 58.3 Å². The fraction of sp³-hybridized carbons (Fsp3) is 0.471. The predicted octanol–water partition coefficient (Wildman–Crippen LogP) is 1.92. The Morgan fingerprint density at radius 2 is 2.04 bits per heavy atom. The number of nitrogens with zero attached hydrogens (tertiary/aromatic N) is 2. The van der Waals surface area contributed by atoms with E-state index < -0.39 is 0 Å². The average molecular weight is 348 g/mol. The zero-order valence-corrected chi connectivity index (χ0v) is 14.4. The molecule has 0 bridgehead atoms. The Hall–Kier alpha value is -2.02. The Morgan fingerprint density at radius 1 is 1.29 bits per heavy atom. The zero-order chi connectivity index (χ0) is 17.1. The Kier molecular flexibility index (Phi) is 5.08. The summed E-state index contributed by atoms with van der Waals surface area (Å²) < 4.78 is 5.57. The molecule has 0 saturated carbocycles. The highest BCUT2D eigenvalue weighted by molar-refractivity contribution is 8.14. The highest BCUT2D eigenvalue weighted by atomic mass is 32.2. The van der Waals surface area contributed by atoms with Gasteiger partial charge in [0.15, 0.2) is 0 Å². The van der Waals surface area contributed by atoms with E-state index >= 15 is 0 Å². The summed E-state index contributed by atoms with van der Waals surface area (Å²) in [6, 6.07) is 7.57. The molecule has 6 nitrogen and oxygen atoms in total. The molecule has 0 unspecified atom stereocenters. The van der Waals surface area contributed by atoms with Gasteiger partial charge in [0, 0.05) is 19.5 Å². The molecule has 0 atom stereocenters. The molecular formula is C17H20N2O4S. The Morgan fingerprint density at radius 3 is 2.71 bits per heavy atom. The quantitative estimate of drug-likeness (QED) is 0.786. The topological polar surface area (TPSA) is 66.9 Å². The van der Waals surface area contributed by atoms with Crippen molar-refractivity contribution >= 4 is 28.8 Å². The first-order valence-corrected chi connectivity index (χ1v) is 9.06. The molecule has 2 aliphatic heterocycles. The molecule has 7 heteroatoms. The molecule has 0 radical (unpaired) electrons. The molecule has 128 valence electrons. The van der Waals surface area contributed by atoms with Gasteiger partial charge in [-0.2, -0.15) is 0 Å². The van der Waals surface area contributed by atoms with E-state index in [0.717, 1.165) is 23.1 Å². The number of hydrogen-bond donors (Lipinski definition) is 0. The molecule has 1 aromatic rings. The van der Waals surface area contributed by atoms with Gasteiger partial charge in [0.1, 0.15) is 5.75 Å².